The molecule has 0 aliphatic rings. The zero-order valence-electron chi connectivity index (χ0n) is 11.0. The molecule has 0 spiro atoms. The smallest absolute Gasteiger partial charge is 0.254 e. The summed E-state index contributed by atoms with van der Waals surface area (Å²) in [5.74, 6) is -0.315. The van der Waals surface area contributed by atoms with E-state index in [1.807, 2.05) is 25.7 Å². The highest BCUT2D eigenvalue weighted by Crippen LogP contribution is 2.15. The molecule has 1 aromatic carbocycles. The maximum Gasteiger partial charge on any atom is 0.254 e. The molecule has 0 N–H and O–H groups in total. The standard InChI is InChI=1S/C14H20FNO/c1-5-8-16(10(2)3)14(17)13-7-6-12(15)9-11(13)4/h6-7,9-10H,5,8H2,1-4H3. The maximum absolute atomic E-state index is 13.0. The number of carbonyl (C=O) groups excluding carboxylic acids is 1. The lowest BCUT2D eigenvalue weighted by atomic mass is 10.1. The van der Waals surface area contributed by atoms with Crippen LogP contribution in [0, 0.1) is 12.7 Å². The van der Waals surface area contributed by atoms with Gasteiger partial charge in [-0.3, -0.25) is 4.79 Å². The van der Waals surface area contributed by atoms with E-state index in [-0.39, 0.29) is 17.8 Å². The molecule has 3 heteroatoms. The summed E-state index contributed by atoms with van der Waals surface area (Å²) < 4.78 is 13.0. The molecular weight excluding hydrogens is 217 g/mol. The summed E-state index contributed by atoms with van der Waals surface area (Å²) >= 11 is 0. The Hall–Kier alpha value is -1.38. The van der Waals surface area contributed by atoms with Crippen LogP contribution in [0.1, 0.15) is 43.1 Å². The number of benzene rings is 1. The molecule has 0 aliphatic carbocycles. The number of rotatable bonds is 4. The largest absolute Gasteiger partial charge is 0.336 e. The van der Waals surface area contributed by atoms with Crippen LogP contribution >= 0.6 is 0 Å². The zero-order valence-corrected chi connectivity index (χ0v) is 11.0. The molecule has 1 rings (SSSR count). The summed E-state index contributed by atoms with van der Waals surface area (Å²) in [4.78, 5) is 14.1. The molecule has 94 valence electrons. The highest BCUT2D eigenvalue weighted by atomic mass is 19.1. The van der Waals surface area contributed by atoms with Crippen LogP contribution in [0.25, 0.3) is 0 Å². The Morgan fingerprint density at radius 1 is 1.41 bits per heavy atom. The Morgan fingerprint density at radius 2 is 2.06 bits per heavy atom. The highest BCUT2D eigenvalue weighted by molar-refractivity contribution is 5.95. The SMILES string of the molecule is CCCN(C(=O)c1ccc(F)cc1C)C(C)C. The van der Waals surface area contributed by atoms with Gasteiger partial charge in [0.15, 0.2) is 0 Å². The van der Waals surface area contributed by atoms with Gasteiger partial charge in [-0.2, -0.15) is 0 Å². The van der Waals surface area contributed by atoms with E-state index < -0.39 is 0 Å². The van der Waals surface area contributed by atoms with Gasteiger partial charge in [0.05, 0.1) is 0 Å². The predicted octanol–water partition coefficient (Wildman–Crippen LogP) is 3.39. The van der Waals surface area contributed by atoms with Crippen molar-refractivity contribution in [1.29, 1.82) is 0 Å². The fourth-order valence-electron chi connectivity index (χ4n) is 1.86. The van der Waals surface area contributed by atoms with Crippen LogP contribution in [0.3, 0.4) is 0 Å². The molecule has 1 aromatic rings. The van der Waals surface area contributed by atoms with Crippen LogP contribution in [0.2, 0.25) is 0 Å². The van der Waals surface area contributed by atoms with Gasteiger partial charge in [0.1, 0.15) is 5.82 Å². The third-order valence-corrected chi connectivity index (χ3v) is 2.77. The molecule has 2 nitrogen and oxygen atoms in total. The molecule has 1 amide bonds. The fraction of sp³-hybridized carbons (Fsp3) is 0.500. The Labute approximate surface area is 102 Å². The molecular formula is C14H20FNO. The summed E-state index contributed by atoms with van der Waals surface area (Å²) in [6.45, 7) is 8.52. The molecule has 17 heavy (non-hydrogen) atoms. The first-order chi connectivity index (χ1) is 7.97. The second-order valence-electron chi connectivity index (χ2n) is 4.55. The summed E-state index contributed by atoms with van der Waals surface area (Å²) in [5, 5.41) is 0. The Balaban J connectivity index is 3.01. The lowest BCUT2D eigenvalue weighted by molar-refractivity contribution is 0.0705. The van der Waals surface area contributed by atoms with Gasteiger partial charge in [0, 0.05) is 18.2 Å². The summed E-state index contributed by atoms with van der Waals surface area (Å²) in [5.41, 5.74) is 1.28. The topological polar surface area (TPSA) is 20.3 Å². The van der Waals surface area contributed by atoms with Crippen molar-refractivity contribution >= 4 is 5.91 Å². The van der Waals surface area contributed by atoms with Crippen LogP contribution in [-0.4, -0.2) is 23.4 Å². The van der Waals surface area contributed by atoms with Gasteiger partial charge in [-0.05, 0) is 51.0 Å². The third-order valence-electron chi connectivity index (χ3n) is 2.77. The van der Waals surface area contributed by atoms with E-state index in [1.165, 1.54) is 12.1 Å². The molecule has 0 aliphatic heterocycles. The first kappa shape index (κ1) is 13.7. The predicted molar refractivity (Wildman–Crippen MR) is 67.6 cm³/mol. The van der Waals surface area contributed by atoms with Gasteiger partial charge in [-0.25, -0.2) is 4.39 Å². The van der Waals surface area contributed by atoms with Crippen molar-refractivity contribution in [2.45, 2.75) is 40.2 Å². The number of aryl methyl sites for hydroxylation is 1. The van der Waals surface area contributed by atoms with E-state index in [4.69, 9.17) is 0 Å². The molecule has 0 heterocycles. The Bertz CT molecular complexity index is 401. The van der Waals surface area contributed by atoms with Gasteiger partial charge in [-0.15, -0.1) is 0 Å². The van der Waals surface area contributed by atoms with E-state index >= 15 is 0 Å². The molecule has 0 aromatic heterocycles. The third kappa shape index (κ3) is 3.29. The van der Waals surface area contributed by atoms with Crippen molar-refractivity contribution in [3.63, 3.8) is 0 Å². The second-order valence-corrected chi connectivity index (χ2v) is 4.55. The summed E-state index contributed by atoms with van der Waals surface area (Å²) in [6, 6.07) is 4.47. The number of nitrogens with zero attached hydrogens (tertiary/aromatic N) is 1. The van der Waals surface area contributed by atoms with Crippen LogP contribution in [0.5, 0.6) is 0 Å². The molecule has 0 bridgehead atoms. The van der Waals surface area contributed by atoms with Crippen molar-refractivity contribution in [2.24, 2.45) is 0 Å². The summed E-state index contributed by atoms with van der Waals surface area (Å²) in [7, 11) is 0. The van der Waals surface area contributed by atoms with E-state index in [2.05, 4.69) is 0 Å². The lowest BCUT2D eigenvalue weighted by Gasteiger charge is -2.27. The number of hydrogen-bond acceptors (Lipinski definition) is 1. The second kappa shape index (κ2) is 5.80. The van der Waals surface area contributed by atoms with Gasteiger partial charge in [0.2, 0.25) is 0 Å². The molecule has 0 unspecified atom stereocenters. The first-order valence-corrected chi connectivity index (χ1v) is 6.04. The highest BCUT2D eigenvalue weighted by Gasteiger charge is 2.19. The van der Waals surface area contributed by atoms with Crippen LogP contribution in [0.4, 0.5) is 4.39 Å². The fourth-order valence-corrected chi connectivity index (χ4v) is 1.86. The molecule has 0 atom stereocenters. The van der Waals surface area contributed by atoms with Gasteiger partial charge in [0.25, 0.3) is 5.91 Å². The van der Waals surface area contributed by atoms with Crippen molar-refractivity contribution in [3.05, 3.63) is 35.1 Å². The average Bonchev–Trinajstić information content (AvgIpc) is 2.24. The summed E-state index contributed by atoms with van der Waals surface area (Å²) in [6.07, 6.45) is 0.921. The maximum atomic E-state index is 13.0. The van der Waals surface area contributed by atoms with E-state index in [0.29, 0.717) is 11.1 Å². The van der Waals surface area contributed by atoms with Crippen LogP contribution in [-0.2, 0) is 0 Å². The van der Waals surface area contributed by atoms with E-state index in [1.54, 1.807) is 13.0 Å². The van der Waals surface area contributed by atoms with E-state index in [9.17, 15) is 9.18 Å². The van der Waals surface area contributed by atoms with Gasteiger partial charge >= 0.3 is 0 Å². The number of hydrogen-bond donors (Lipinski definition) is 0. The quantitative estimate of drug-likeness (QED) is 0.786. The van der Waals surface area contributed by atoms with Gasteiger partial charge < -0.3 is 4.90 Å². The van der Waals surface area contributed by atoms with Crippen molar-refractivity contribution in [1.82, 2.24) is 4.90 Å². The number of carbonyl (C=O) groups is 1. The molecule has 0 saturated heterocycles. The number of halogens is 1. The first-order valence-electron chi connectivity index (χ1n) is 6.04. The van der Waals surface area contributed by atoms with Crippen molar-refractivity contribution < 1.29 is 9.18 Å². The van der Waals surface area contributed by atoms with Crippen molar-refractivity contribution in [2.75, 3.05) is 6.54 Å². The molecule has 0 radical (unpaired) electrons. The minimum Gasteiger partial charge on any atom is -0.336 e. The Morgan fingerprint density at radius 3 is 2.53 bits per heavy atom. The van der Waals surface area contributed by atoms with E-state index in [0.717, 1.165) is 13.0 Å². The Kier molecular flexibility index (Phi) is 4.67. The molecule has 0 fully saturated rings. The van der Waals surface area contributed by atoms with Crippen molar-refractivity contribution in [3.8, 4) is 0 Å². The monoisotopic (exact) mass is 237 g/mol. The normalized spacial score (nSPS) is 10.7. The minimum atomic E-state index is -0.300. The van der Waals surface area contributed by atoms with Gasteiger partial charge in [-0.1, -0.05) is 6.92 Å². The van der Waals surface area contributed by atoms with Crippen LogP contribution in [0.15, 0.2) is 18.2 Å². The minimum absolute atomic E-state index is 0.0145. The number of amides is 1. The zero-order chi connectivity index (χ0) is 13.0. The lowest BCUT2D eigenvalue weighted by Crippen LogP contribution is -2.37. The average molecular weight is 237 g/mol. The molecule has 0 saturated carbocycles. The van der Waals surface area contributed by atoms with Crippen LogP contribution < -0.4 is 0 Å².